The van der Waals surface area contributed by atoms with E-state index in [0.717, 1.165) is 32.5 Å². The second-order valence-electron chi connectivity index (χ2n) is 13.4. The van der Waals surface area contributed by atoms with E-state index in [0.29, 0.717) is 50.5 Å². The smallest absolute Gasteiger partial charge is 0.870 e. The van der Waals surface area contributed by atoms with Crippen LogP contribution in [0.5, 0.6) is 0 Å². The third-order valence-electron chi connectivity index (χ3n) is 6.67. The second kappa shape index (κ2) is 29.1. The molecule has 0 radical (unpaired) electrons. The molecule has 0 bridgehead atoms. The summed E-state index contributed by atoms with van der Waals surface area (Å²) in [5.74, 6) is 1.70. The fourth-order valence-corrected chi connectivity index (χ4v) is 5.18. The van der Waals surface area contributed by atoms with Crippen molar-refractivity contribution >= 4 is 27.9 Å². The van der Waals surface area contributed by atoms with Crippen LogP contribution in [0.25, 0.3) is 0 Å². The first kappa shape index (κ1) is 49.5. The van der Waals surface area contributed by atoms with Crippen LogP contribution in [0.1, 0.15) is 92.9 Å². The molecule has 2 rings (SSSR count). The van der Waals surface area contributed by atoms with Crippen LogP contribution in [-0.2, 0) is 42.7 Å². The molecule has 264 valence electrons. The van der Waals surface area contributed by atoms with Gasteiger partial charge < -0.3 is 43.7 Å². The normalized spacial score (nSPS) is 21.4. The van der Waals surface area contributed by atoms with Crippen LogP contribution < -0.4 is 29.6 Å². The Morgan fingerprint density at radius 2 is 1.07 bits per heavy atom. The zero-order valence-electron chi connectivity index (χ0n) is 29.6. The van der Waals surface area contributed by atoms with E-state index in [-0.39, 0.29) is 64.5 Å². The Bertz CT molecular complexity index is 716. The Kier molecular flexibility index (Phi) is 32.0. The molecule has 0 aromatic heterocycles. The standard InChI is InChI=1S/C16H30O5.C10H20O3.C6H11BrO2.Na.H2O/c1-16(2,3)21-15(17)11-19-9-13-6-5-7-14(8-13)10-20-12-18-4;1-12-8-13-7-10-4-2-3-9(5-10)6-11;1-6(2,3)9-5(8)4-7;;/h13-14H,5-12H2,1-4H3;9-11H,2-8H2,1H3;4H2,1-3H3;;1H2/q;;;+1;/p-1. The van der Waals surface area contributed by atoms with E-state index in [1.54, 1.807) is 14.2 Å². The number of aliphatic hydroxyl groups is 1. The van der Waals surface area contributed by atoms with E-state index in [1.807, 2.05) is 41.5 Å². The van der Waals surface area contributed by atoms with E-state index in [1.165, 1.54) is 32.1 Å². The number of hydrogen-bond acceptors (Lipinski definition) is 11. The molecule has 0 saturated heterocycles. The summed E-state index contributed by atoms with van der Waals surface area (Å²) < 4.78 is 36.1. The van der Waals surface area contributed by atoms with Gasteiger partial charge in [-0.1, -0.05) is 28.8 Å². The average molecular weight is 726 g/mol. The number of rotatable bonds is 14. The molecule has 0 aliphatic heterocycles. The van der Waals surface area contributed by atoms with Crippen LogP contribution in [0.2, 0.25) is 0 Å². The van der Waals surface area contributed by atoms with E-state index >= 15 is 0 Å². The SMILES string of the molecule is CC(C)(C)OC(=O)CBr.COCOCC1CCCC(CO)C1.COCOCC1CCCC(COCC(=O)OC(C)(C)C)C1.[Na+].[OH-]. The van der Waals surface area contributed by atoms with Gasteiger partial charge in [0.15, 0.2) is 0 Å². The molecule has 11 nitrogen and oxygen atoms in total. The quantitative estimate of drug-likeness (QED) is 0.0927. The van der Waals surface area contributed by atoms with Gasteiger partial charge in [-0.2, -0.15) is 0 Å². The molecule has 0 aromatic rings. The molecule has 4 unspecified atom stereocenters. The molecule has 4 atom stereocenters. The van der Waals surface area contributed by atoms with Crippen LogP contribution in [0, 0.1) is 23.7 Å². The molecule has 2 aliphatic rings. The number of carbonyl (C=O) groups excluding carboxylic acids is 2. The van der Waals surface area contributed by atoms with Crippen molar-refractivity contribution in [1.29, 1.82) is 0 Å². The van der Waals surface area contributed by atoms with Crippen LogP contribution >= 0.6 is 15.9 Å². The minimum atomic E-state index is -0.449. The number of aliphatic hydroxyl groups excluding tert-OH is 1. The summed E-state index contributed by atoms with van der Waals surface area (Å²) in [4.78, 5) is 22.1. The van der Waals surface area contributed by atoms with E-state index in [4.69, 9.17) is 38.3 Å². The van der Waals surface area contributed by atoms with Gasteiger partial charge in [0.1, 0.15) is 36.7 Å². The van der Waals surface area contributed by atoms with Crippen molar-refractivity contribution in [2.24, 2.45) is 23.7 Å². The molecule has 2 saturated carbocycles. The van der Waals surface area contributed by atoms with Gasteiger partial charge in [0.05, 0.1) is 19.8 Å². The molecule has 0 aromatic carbocycles. The van der Waals surface area contributed by atoms with Gasteiger partial charge in [0.2, 0.25) is 0 Å². The molecule has 13 heteroatoms. The first-order valence-electron chi connectivity index (χ1n) is 15.5. The fourth-order valence-electron chi connectivity index (χ4n) is 5.07. The molecular weight excluding hydrogens is 663 g/mol. The Morgan fingerprint density at radius 3 is 1.42 bits per heavy atom. The van der Waals surface area contributed by atoms with Crippen LogP contribution in [0.4, 0.5) is 0 Å². The number of ether oxygens (including phenoxy) is 7. The van der Waals surface area contributed by atoms with Gasteiger partial charge in [-0.25, -0.2) is 4.79 Å². The van der Waals surface area contributed by atoms with Crippen molar-refractivity contribution < 1.29 is 82.9 Å². The topological polar surface area (TPSA) is 149 Å². The molecule has 0 heterocycles. The number of carbonyl (C=O) groups is 2. The number of esters is 2. The van der Waals surface area contributed by atoms with Crippen molar-refractivity contribution in [3.05, 3.63) is 0 Å². The van der Waals surface area contributed by atoms with Crippen molar-refractivity contribution in [3.63, 3.8) is 0 Å². The summed E-state index contributed by atoms with van der Waals surface area (Å²) in [6.45, 7) is 14.4. The summed E-state index contributed by atoms with van der Waals surface area (Å²) in [6, 6.07) is 0. The van der Waals surface area contributed by atoms with Gasteiger partial charge in [-0.05, 0) is 104 Å². The van der Waals surface area contributed by atoms with E-state index in [9.17, 15) is 9.59 Å². The third-order valence-corrected chi connectivity index (χ3v) is 7.13. The Hall–Kier alpha value is 0.140. The van der Waals surface area contributed by atoms with Crippen molar-refractivity contribution in [2.75, 3.05) is 66.2 Å². The number of alkyl halides is 1. The molecule has 2 fully saturated rings. The second-order valence-corrected chi connectivity index (χ2v) is 13.9. The summed E-state index contributed by atoms with van der Waals surface area (Å²) in [5, 5.41) is 9.28. The Morgan fingerprint density at radius 1 is 0.689 bits per heavy atom. The first-order valence-corrected chi connectivity index (χ1v) is 16.7. The molecule has 0 amide bonds. The van der Waals surface area contributed by atoms with Gasteiger partial charge in [0, 0.05) is 20.8 Å². The van der Waals surface area contributed by atoms with Crippen LogP contribution in [0.3, 0.4) is 0 Å². The summed E-state index contributed by atoms with van der Waals surface area (Å²) in [6.07, 6.45) is 9.41. The van der Waals surface area contributed by atoms with E-state index < -0.39 is 5.60 Å². The summed E-state index contributed by atoms with van der Waals surface area (Å²) in [7, 11) is 3.27. The molecular formula is C32H62BrNaO11. The maximum Gasteiger partial charge on any atom is 1.00 e. The van der Waals surface area contributed by atoms with Gasteiger partial charge in [-0.15, -0.1) is 0 Å². The van der Waals surface area contributed by atoms with Gasteiger partial charge >= 0.3 is 41.5 Å². The zero-order valence-corrected chi connectivity index (χ0v) is 33.2. The van der Waals surface area contributed by atoms with Crippen LogP contribution in [0.15, 0.2) is 0 Å². The van der Waals surface area contributed by atoms with Crippen LogP contribution in [-0.4, -0.2) is 99.9 Å². The minimum absolute atomic E-state index is 0. The summed E-state index contributed by atoms with van der Waals surface area (Å²) >= 11 is 2.99. The van der Waals surface area contributed by atoms with Gasteiger partial charge in [-0.3, -0.25) is 4.79 Å². The average Bonchev–Trinajstić information content (AvgIpc) is 2.92. The van der Waals surface area contributed by atoms with Gasteiger partial charge in [0.25, 0.3) is 0 Å². The van der Waals surface area contributed by atoms with E-state index in [2.05, 4.69) is 15.9 Å². The Balaban J connectivity index is -0.000000631. The first-order chi connectivity index (χ1) is 20.2. The predicted octanol–water partition coefficient (Wildman–Crippen LogP) is 2.73. The monoisotopic (exact) mass is 724 g/mol. The van der Waals surface area contributed by atoms with Crippen molar-refractivity contribution in [1.82, 2.24) is 0 Å². The third kappa shape index (κ3) is 31.2. The zero-order chi connectivity index (χ0) is 32.7. The molecule has 2 aliphatic carbocycles. The largest absolute Gasteiger partial charge is 1.00 e. The van der Waals surface area contributed by atoms with Crippen molar-refractivity contribution in [3.8, 4) is 0 Å². The van der Waals surface area contributed by atoms with Crippen molar-refractivity contribution in [2.45, 2.75) is 104 Å². The number of hydrogen-bond donors (Lipinski definition) is 1. The summed E-state index contributed by atoms with van der Waals surface area (Å²) in [5.41, 5.74) is -0.806. The number of halogens is 1. The Labute approximate surface area is 303 Å². The molecule has 2 N–H and O–H groups in total. The maximum atomic E-state index is 11.6. The minimum Gasteiger partial charge on any atom is -0.870 e. The fraction of sp³-hybridized carbons (Fsp3) is 0.938. The predicted molar refractivity (Wildman–Crippen MR) is 172 cm³/mol. The molecule has 45 heavy (non-hydrogen) atoms. The maximum absolute atomic E-state index is 11.6. The number of methoxy groups -OCH3 is 2. The molecule has 0 spiro atoms.